The molecule has 0 spiro atoms. The Kier molecular flexibility index (Phi) is 7.68. The van der Waals surface area contributed by atoms with E-state index in [4.69, 9.17) is 8.92 Å². The lowest BCUT2D eigenvalue weighted by atomic mass is 9.68. The first kappa shape index (κ1) is 26.2. The average Bonchev–Trinajstić information content (AvgIpc) is 2.93. The average molecular weight is 527 g/mol. The van der Waals surface area contributed by atoms with Gasteiger partial charge in [-0.2, -0.15) is 8.42 Å². The summed E-state index contributed by atoms with van der Waals surface area (Å²) in [6, 6.07) is 30.5. The van der Waals surface area contributed by atoms with Gasteiger partial charge in [0.25, 0.3) is 10.1 Å². The summed E-state index contributed by atoms with van der Waals surface area (Å²) in [5, 5.41) is 0. The Balaban J connectivity index is 1.37. The number of fused-ring (bicyclic) bond motifs is 1. The summed E-state index contributed by atoms with van der Waals surface area (Å²) in [5.74, 6) is 1.51. The maximum atomic E-state index is 12.5. The van der Waals surface area contributed by atoms with Gasteiger partial charge in [0, 0.05) is 5.92 Å². The van der Waals surface area contributed by atoms with Crippen molar-refractivity contribution in [2.45, 2.75) is 49.8 Å². The topological polar surface area (TPSA) is 52.6 Å². The molecule has 0 N–H and O–H groups in total. The minimum atomic E-state index is -3.76. The number of hydrogen-bond donors (Lipinski definition) is 0. The summed E-state index contributed by atoms with van der Waals surface area (Å²) in [5.41, 5.74) is 8.74. The summed E-state index contributed by atoms with van der Waals surface area (Å²) in [6.45, 7) is 4.23. The van der Waals surface area contributed by atoms with Crippen LogP contribution >= 0.6 is 0 Å². The van der Waals surface area contributed by atoms with Crippen LogP contribution in [0.15, 0.2) is 95.9 Å². The monoisotopic (exact) mass is 526 g/mol. The van der Waals surface area contributed by atoms with E-state index in [1.54, 1.807) is 31.4 Å². The molecular weight excluding hydrogens is 492 g/mol. The summed E-state index contributed by atoms with van der Waals surface area (Å²) < 4.78 is 35.9. The zero-order valence-electron chi connectivity index (χ0n) is 22.2. The lowest BCUT2D eigenvalue weighted by molar-refractivity contribution is 0.322. The molecule has 1 aliphatic carbocycles. The van der Waals surface area contributed by atoms with Crippen molar-refractivity contribution < 1.29 is 17.3 Å². The van der Waals surface area contributed by atoms with E-state index in [1.165, 1.54) is 27.8 Å². The van der Waals surface area contributed by atoms with Crippen LogP contribution in [0.3, 0.4) is 0 Å². The minimum Gasteiger partial charge on any atom is -0.497 e. The molecule has 2 unspecified atom stereocenters. The molecule has 38 heavy (non-hydrogen) atoms. The lowest BCUT2D eigenvalue weighted by Crippen LogP contribution is -2.21. The van der Waals surface area contributed by atoms with Crippen LogP contribution in [0.1, 0.15) is 57.2 Å². The second-order valence-corrected chi connectivity index (χ2v) is 11.7. The van der Waals surface area contributed by atoms with Crippen molar-refractivity contribution in [3.63, 3.8) is 0 Å². The summed E-state index contributed by atoms with van der Waals surface area (Å²) in [6.07, 6.45) is 2.61. The van der Waals surface area contributed by atoms with Gasteiger partial charge < -0.3 is 4.74 Å². The van der Waals surface area contributed by atoms with Gasteiger partial charge in [-0.1, -0.05) is 72.3 Å². The molecule has 4 nitrogen and oxygen atoms in total. The molecule has 5 heteroatoms. The van der Waals surface area contributed by atoms with Gasteiger partial charge >= 0.3 is 0 Å². The molecule has 5 rings (SSSR count). The fourth-order valence-corrected chi connectivity index (χ4v) is 6.52. The Morgan fingerprint density at radius 2 is 1.58 bits per heavy atom. The highest BCUT2D eigenvalue weighted by atomic mass is 32.2. The molecule has 0 aliphatic heterocycles. The van der Waals surface area contributed by atoms with E-state index in [0.717, 1.165) is 29.7 Å². The number of ether oxygens (including phenoxy) is 1. The number of benzene rings is 4. The Morgan fingerprint density at radius 3 is 2.29 bits per heavy atom. The Hall–Kier alpha value is -3.41. The summed E-state index contributed by atoms with van der Waals surface area (Å²) in [7, 11) is -2.05. The van der Waals surface area contributed by atoms with Crippen LogP contribution in [0.2, 0.25) is 0 Å². The molecular formula is C33H34O4S. The van der Waals surface area contributed by atoms with Crippen molar-refractivity contribution in [2.75, 3.05) is 13.7 Å². The highest BCUT2D eigenvalue weighted by Gasteiger charge is 2.33. The molecule has 4 aromatic carbocycles. The van der Waals surface area contributed by atoms with Crippen LogP contribution in [-0.4, -0.2) is 22.1 Å². The molecule has 1 aliphatic rings. The minimum absolute atomic E-state index is 0.105. The Bertz CT molecular complexity index is 1510. The van der Waals surface area contributed by atoms with Crippen LogP contribution in [-0.2, 0) is 27.1 Å². The predicted molar refractivity (Wildman–Crippen MR) is 152 cm³/mol. The lowest BCUT2D eigenvalue weighted by Gasteiger charge is -2.35. The van der Waals surface area contributed by atoms with Crippen LogP contribution in [0.4, 0.5) is 0 Å². The van der Waals surface area contributed by atoms with E-state index in [-0.39, 0.29) is 17.4 Å². The zero-order chi connectivity index (χ0) is 26.7. The van der Waals surface area contributed by atoms with E-state index >= 15 is 0 Å². The number of methoxy groups -OCH3 is 1. The molecule has 196 valence electrons. The number of rotatable bonds is 8. The third-order valence-electron chi connectivity index (χ3n) is 7.68. The van der Waals surface area contributed by atoms with Gasteiger partial charge in [0.2, 0.25) is 0 Å². The van der Waals surface area contributed by atoms with Crippen molar-refractivity contribution in [3.8, 4) is 5.75 Å². The maximum Gasteiger partial charge on any atom is 0.296 e. The fourth-order valence-electron chi connectivity index (χ4n) is 5.61. The largest absolute Gasteiger partial charge is 0.497 e. The highest BCUT2D eigenvalue weighted by Crippen LogP contribution is 2.47. The van der Waals surface area contributed by atoms with Gasteiger partial charge in [0.05, 0.1) is 18.6 Å². The van der Waals surface area contributed by atoms with Crippen LogP contribution in [0.25, 0.3) is 0 Å². The van der Waals surface area contributed by atoms with E-state index in [0.29, 0.717) is 12.3 Å². The molecule has 0 bridgehead atoms. The van der Waals surface area contributed by atoms with Crippen molar-refractivity contribution in [2.24, 2.45) is 0 Å². The van der Waals surface area contributed by atoms with Crippen LogP contribution in [0, 0.1) is 13.8 Å². The van der Waals surface area contributed by atoms with Gasteiger partial charge in [-0.05, 0) is 96.7 Å². The maximum absolute atomic E-state index is 12.5. The Morgan fingerprint density at radius 1 is 0.842 bits per heavy atom. The van der Waals surface area contributed by atoms with Gasteiger partial charge in [-0.25, -0.2) is 0 Å². The van der Waals surface area contributed by atoms with Gasteiger partial charge in [0.1, 0.15) is 5.75 Å². The van der Waals surface area contributed by atoms with Crippen LogP contribution in [0.5, 0.6) is 5.75 Å². The fraction of sp³-hybridized carbons (Fsp3) is 0.273. The molecule has 0 aromatic heterocycles. The zero-order valence-corrected chi connectivity index (χ0v) is 23.0. The smallest absolute Gasteiger partial charge is 0.296 e. The first-order chi connectivity index (χ1) is 18.4. The predicted octanol–water partition coefficient (Wildman–Crippen LogP) is 7.12. The van der Waals surface area contributed by atoms with Crippen molar-refractivity contribution in [1.82, 2.24) is 0 Å². The second-order valence-electron chi connectivity index (χ2n) is 10.1. The Labute approximate surface area is 226 Å². The van der Waals surface area contributed by atoms with Crippen molar-refractivity contribution >= 4 is 10.1 Å². The standard InChI is InChI=1S/C33H34O4S/c1-23-8-16-29(17-9-23)38(34,35)37-21-20-25-10-12-26(13-11-25)33-31-19-15-28(36-3)22-27(31)14-18-32(33)30-7-5-4-6-24(30)2/h4-13,15-17,19,22,32-33H,14,18,20-21H2,1-3H3. The van der Waals surface area contributed by atoms with Gasteiger partial charge in [0.15, 0.2) is 0 Å². The number of aryl methyl sites for hydroxylation is 3. The highest BCUT2D eigenvalue weighted by molar-refractivity contribution is 7.86. The van der Waals surface area contributed by atoms with E-state index < -0.39 is 10.1 Å². The molecule has 0 saturated heterocycles. The molecule has 0 fully saturated rings. The molecule has 0 heterocycles. The van der Waals surface area contributed by atoms with E-state index in [9.17, 15) is 8.42 Å². The van der Waals surface area contributed by atoms with E-state index in [2.05, 4.69) is 73.7 Å². The second kappa shape index (κ2) is 11.1. The number of hydrogen-bond acceptors (Lipinski definition) is 4. The summed E-state index contributed by atoms with van der Waals surface area (Å²) >= 11 is 0. The third-order valence-corrected chi connectivity index (χ3v) is 9.00. The van der Waals surface area contributed by atoms with Crippen molar-refractivity contribution in [3.05, 3.63) is 130 Å². The van der Waals surface area contributed by atoms with E-state index in [1.807, 2.05) is 6.92 Å². The SMILES string of the molecule is COc1ccc2c(c1)CCC(c1ccccc1C)C2c1ccc(CCOS(=O)(=O)c2ccc(C)cc2)cc1. The van der Waals surface area contributed by atoms with Crippen LogP contribution < -0.4 is 4.74 Å². The molecule has 0 saturated carbocycles. The van der Waals surface area contributed by atoms with Crippen molar-refractivity contribution in [1.29, 1.82) is 0 Å². The molecule has 4 aromatic rings. The molecule has 0 radical (unpaired) electrons. The van der Waals surface area contributed by atoms with Gasteiger partial charge in [-0.3, -0.25) is 4.18 Å². The summed E-state index contributed by atoms with van der Waals surface area (Å²) in [4.78, 5) is 0.188. The first-order valence-corrected chi connectivity index (χ1v) is 14.5. The molecule has 0 amide bonds. The van der Waals surface area contributed by atoms with Gasteiger partial charge in [-0.15, -0.1) is 0 Å². The molecule has 2 atom stereocenters. The quantitative estimate of drug-likeness (QED) is 0.229. The normalized spacial score (nSPS) is 17.1. The third kappa shape index (κ3) is 5.54. The first-order valence-electron chi connectivity index (χ1n) is 13.1.